The van der Waals surface area contributed by atoms with Crippen molar-refractivity contribution in [3.8, 4) is 0 Å². The lowest BCUT2D eigenvalue weighted by atomic mass is 9.71. The topological polar surface area (TPSA) is 43.8 Å². The molecule has 1 aromatic rings. The molecule has 4 rings (SSSR count). The molecule has 0 radical (unpaired) electrons. The van der Waals surface area contributed by atoms with Crippen molar-refractivity contribution in [2.24, 2.45) is 17.8 Å². The van der Waals surface area contributed by atoms with Gasteiger partial charge in [-0.3, -0.25) is 9.69 Å². The van der Waals surface area contributed by atoms with Crippen LogP contribution < -0.4 is 0 Å². The van der Waals surface area contributed by atoms with E-state index in [-0.39, 0.29) is 12.5 Å². The van der Waals surface area contributed by atoms with Crippen molar-refractivity contribution in [3.63, 3.8) is 0 Å². The average molecular weight is 385 g/mol. The van der Waals surface area contributed by atoms with E-state index in [0.29, 0.717) is 23.9 Å². The number of nitrogens with zero attached hydrogens (tertiary/aromatic N) is 2. The molecule has 0 aromatic heterocycles. The van der Waals surface area contributed by atoms with Gasteiger partial charge in [0.25, 0.3) is 5.91 Å². The van der Waals surface area contributed by atoms with Crippen LogP contribution in [0.15, 0.2) is 24.3 Å². The average Bonchev–Trinajstić information content (AvgIpc) is 2.73. The molecule has 0 unspecified atom stereocenters. The summed E-state index contributed by atoms with van der Waals surface area (Å²) in [7, 11) is 0. The molecular weight excluding hydrogens is 348 g/mol. The number of carbonyl (C=O) groups excluding carboxylic acids is 1. The summed E-state index contributed by atoms with van der Waals surface area (Å²) < 4.78 is 0. The molecule has 3 saturated heterocycles. The first-order chi connectivity index (χ1) is 13.6. The zero-order chi connectivity index (χ0) is 19.7. The Morgan fingerprint density at radius 1 is 1.14 bits per heavy atom. The second kappa shape index (κ2) is 8.54. The normalized spacial score (nSPS) is 30.4. The maximum Gasteiger partial charge on any atom is 0.253 e. The molecule has 0 saturated carbocycles. The molecule has 4 nitrogen and oxygen atoms in total. The predicted octanol–water partition coefficient (Wildman–Crippen LogP) is 3.93. The fraction of sp³-hybridized carbons (Fsp3) is 0.708. The Balaban J connectivity index is 1.52. The number of hydrogen-bond acceptors (Lipinski definition) is 3. The van der Waals surface area contributed by atoms with Gasteiger partial charge in [0.05, 0.1) is 6.61 Å². The second-order valence-corrected chi connectivity index (χ2v) is 9.66. The first-order valence-corrected chi connectivity index (χ1v) is 11.3. The fourth-order valence-electron chi connectivity index (χ4n) is 5.91. The highest BCUT2D eigenvalue weighted by atomic mass is 16.3. The molecule has 0 spiro atoms. The van der Waals surface area contributed by atoms with Crippen molar-refractivity contribution in [2.75, 3.05) is 19.6 Å². The molecule has 3 aliphatic heterocycles. The van der Waals surface area contributed by atoms with Crippen LogP contribution in [0.4, 0.5) is 0 Å². The summed E-state index contributed by atoms with van der Waals surface area (Å²) >= 11 is 0. The van der Waals surface area contributed by atoms with Crippen LogP contribution in [0, 0.1) is 17.8 Å². The van der Waals surface area contributed by atoms with Crippen LogP contribution in [0.5, 0.6) is 0 Å². The van der Waals surface area contributed by atoms with Crippen LogP contribution in [0.3, 0.4) is 0 Å². The van der Waals surface area contributed by atoms with Gasteiger partial charge in [0, 0.05) is 30.7 Å². The van der Waals surface area contributed by atoms with Gasteiger partial charge in [-0.2, -0.15) is 0 Å². The fourth-order valence-corrected chi connectivity index (χ4v) is 5.91. The Kier molecular flexibility index (Phi) is 6.07. The van der Waals surface area contributed by atoms with E-state index in [0.717, 1.165) is 30.1 Å². The van der Waals surface area contributed by atoms with E-state index in [1.807, 2.05) is 24.3 Å². The molecule has 3 heterocycles. The Bertz CT molecular complexity index is 672. The number of fused-ring (bicyclic) bond motifs is 4. The molecule has 154 valence electrons. The second-order valence-electron chi connectivity index (χ2n) is 9.66. The highest BCUT2D eigenvalue weighted by Gasteiger charge is 2.47. The van der Waals surface area contributed by atoms with Crippen LogP contribution in [-0.2, 0) is 6.61 Å². The minimum Gasteiger partial charge on any atom is -0.392 e. The standard InChI is InChI=1S/C24H36N2O2/c1-17(2)6-11-23-21-13-20(22-5-3-4-12-26(22)23)14-25(15-21)24(28)19-9-7-18(16-27)8-10-19/h7-10,17,20-23,27H,3-6,11-16H2,1-2H3/t20-,21+,22+,23+/m1/s1. The minimum absolute atomic E-state index is 0.0252. The van der Waals surface area contributed by atoms with Gasteiger partial charge in [0.1, 0.15) is 0 Å². The number of rotatable bonds is 5. The van der Waals surface area contributed by atoms with E-state index in [9.17, 15) is 9.90 Å². The molecule has 0 aliphatic carbocycles. The molecule has 1 N–H and O–H groups in total. The zero-order valence-electron chi connectivity index (χ0n) is 17.5. The molecule has 1 aromatic carbocycles. The number of amides is 1. The first-order valence-electron chi connectivity index (χ1n) is 11.3. The highest BCUT2D eigenvalue weighted by molar-refractivity contribution is 5.94. The zero-order valence-corrected chi connectivity index (χ0v) is 17.5. The lowest BCUT2D eigenvalue weighted by Crippen LogP contribution is -2.64. The van der Waals surface area contributed by atoms with Gasteiger partial charge >= 0.3 is 0 Å². The lowest BCUT2D eigenvalue weighted by Gasteiger charge is -2.57. The van der Waals surface area contributed by atoms with E-state index in [1.165, 1.54) is 45.1 Å². The van der Waals surface area contributed by atoms with E-state index < -0.39 is 0 Å². The molecular formula is C24H36N2O2. The van der Waals surface area contributed by atoms with Crippen molar-refractivity contribution in [1.82, 2.24) is 9.80 Å². The van der Waals surface area contributed by atoms with Crippen LogP contribution in [-0.4, -0.2) is 52.5 Å². The number of benzene rings is 1. The largest absolute Gasteiger partial charge is 0.392 e. The summed E-state index contributed by atoms with van der Waals surface area (Å²) in [5.41, 5.74) is 1.62. The van der Waals surface area contributed by atoms with Gasteiger partial charge in [-0.15, -0.1) is 0 Å². The molecule has 2 bridgehead atoms. The van der Waals surface area contributed by atoms with Gasteiger partial charge in [-0.25, -0.2) is 0 Å². The molecule has 3 aliphatic rings. The number of likely N-dealkylation sites (tertiary alicyclic amines) is 1. The Labute approximate surface area is 169 Å². The van der Waals surface area contributed by atoms with Crippen molar-refractivity contribution in [2.45, 2.75) is 71.1 Å². The van der Waals surface area contributed by atoms with Crippen LogP contribution >= 0.6 is 0 Å². The van der Waals surface area contributed by atoms with Crippen LogP contribution in [0.25, 0.3) is 0 Å². The third-order valence-corrected chi connectivity index (χ3v) is 7.33. The SMILES string of the molecule is CC(C)CC[C@H]1[C@H]2C[C@H](CN(C(=O)c3ccc(CO)cc3)C2)[C@@H]2CCCCN21. The van der Waals surface area contributed by atoms with Gasteiger partial charge < -0.3 is 10.0 Å². The Morgan fingerprint density at radius 3 is 2.61 bits per heavy atom. The summed E-state index contributed by atoms with van der Waals surface area (Å²) in [5.74, 6) is 2.17. The molecule has 4 heteroatoms. The number of piperidine rings is 3. The Morgan fingerprint density at radius 2 is 1.89 bits per heavy atom. The quantitative estimate of drug-likeness (QED) is 0.836. The summed E-state index contributed by atoms with van der Waals surface area (Å²) in [5, 5.41) is 9.25. The van der Waals surface area contributed by atoms with Crippen molar-refractivity contribution in [3.05, 3.63) is 35.4 Å². The smallest absolute Gasteiger partial charge is 0.253 e. The van der Waals surface area contributed by atoms with Crippen molar-refractivity contribution >= 4 is 5.91 Å². The van der Waals surface area contributed by atoms with Crippen molar-refractivity contribution in [1.29, 1.82) is 0 Å². The number of aliphatic hydroxyl groups is 1. The van der Waals surface area contributed by atoms with E-state index in [2.05, 4.69) is 23.6 Å². The molecule has 28 heavy (non-hydrogen) atoms. The third kappa shape index (κ3) is 3.99. The minimum atomic E-state index is 0.0252. The number of carbonyl (C=O) groups is 1. The highest BCUT2D eigenvalue weighted by Crippen LogP contribution is 2.43. The van der Waals surface area contributed by atoms with Crippen LogP contribution in [0.2, 0.25) is 0 Å². The Hall–Kier alpha value is -1.39. The van der Waals surface area contributed by atoms with Gasteiger partial charge in [0.15, 0.2) is 0 Å². The molecule has 4 atom stereocenters. The molecule has 3 fully saturated rings. The third-order valence-electron chi connectivity index (χ3n) is 7.33. The monoisotopic (exact) mass is 384 g/mol. The van der Waals surface area contributed by atoms with E-state index >= 15 is 0 Å². The van der Waals surface area contributed by atoms with Gasteiger partial charge in [0.2, 0.25) is 0 Å². The number of aliphatic hydroxyl groups excluding tert-OH is 1. The van der Waals surface area contributed by atoms with Gasteiger partial charge in [-0.05, 0) is 74.1 Å². The maximum absolute atomic E-state index is 13.2. The lowest BCUT2D eigenvalue weighted by molar-refractivity contribution is -0.0681. The van der Waals surface area contributed by atoms with Gasteiger partial charge in [-0.1, -0.05) is 32.4 Å². The molecule has 1 amide bonds. The predicted molar refractivity (Wildman–Crippen MR) is 112 cm³/mol. The van der Waals surface area contributed by atoms with E-state index in [4.69, 9.17) is 0 Å². The van der Waals surface area contributed by atoms with E-state index in [1.54, 1.807) is 0 Å². The summed E-state index contributed by atoms with van der Waals surface area (Å²) in [6.07, 6.45) is 7.86. The summed E-state index contributed by atoms with van der Waals surface area (Å²) in [4.78, 5) is 18.2. The van der Waals surface area contributed by atoms with Crippen LogP contribution in [0.1, 0.15) is 68.3 Å². The summed E-state index contributed by atoms with van der Waals surface area (Å²) in [6, 6.07) is 8.81. The number of hydrogen-bond donors (Lipinski definition) is 1. The maximum atomic E-state index is 13.2. The van der Waals surface area contributed by atoms with Crippen molar-refractivity contribution < 1.29 is 9.90 Å². The first kappa shape index (κ1) is 19.9. The summed E-state index contributed by atoms with van der Waals surface area (Å²) in [6.45, 7) is 7.75.